The van der Waals surface area contributed by atoms with Crippen LogP contribution in [0.15, 0.2) is 53.9 Å². The topological polar surface area (TPSA) is 30.7 Å². The smallest absolute Gasteiger partial charge is 0.191 e. The minimum absolute atomic E-state index is 0.639. The van der Waals surface area contributed by atoms with Gasteiger partial charge < -0.3 is 4.57 Å². The number of fused-ring (bicyclic) bond motifs is 1. The van der Waals surface area contributed by atoms with Crippen LogP contribution < -0.4 is 0 Å². The Kier molecular flexibility index (Phi) is 2.96. The zero-order valence-electron chi connectivity index (χ0n) is 11.1. The van der Waals surface area contributed by atoms with Crippen LogP contribution in [-0.2, 0) is 5.75 Å². The van der Waals surface area contributed by atoms with Gasteiger partial charge in [0.05, 0.1) is 0 Å². The maximum Gasteiger partial charge on any atom is 0.191 e. The Labute approximate surface area is 122 Å². The highest BCUT2D eigenvalue weighted by Gasteiger charge is 2.26. The molecule has 20 heavy (non-hydrogen) atoms. The molecule has 0 saturated heterocycles. The summed E-state index contributed by atoms with van der Waals surface area (Å²) >= 11 is 1.78. The van der Waals surface area contributed by atoms with Crippen LogP contribution in [0.25, 0.3) is 10.8 Å². The fourth-order valence-electron chi connectivity index (χ4n) is 2.50. The van der Waals surface area contributed by atoms with E-state index in [0.717, 1.165) is 10.9 Å². The van der Waals surface area contributed by atoms with Crippen molar-refractivity contribution in [1.29, 1.82) is 0 Å². The number of nitrogens with zero attached hydrogens (tertiary/aromatic N) is 3. The predicted molar refractivity (Wildman–Crippen MR) is 81.8 cm³/mol. The Hall–Kier alpha value is -1.81. The molecule has 0 atom stereocenters. The van der Waals surface area contributed by atoms with Gasteiger partial charge >= 0.3 is 0 Å². The van der Waals surface area contributed by atoms with Gasteiger partial charge in [-0.05, 0) is 29.2 Å². The average Bonchev–Trinajstić information content (AvgIpc) is 3.24. The summed E-state index contributed by atoms with van der Waals surface area (Å²) in [5, 5.41) is 12.0. The molecule has 1 heterocycles. The molecule has 1 aliphatic rings. The minimum Gasteiger partial charge on any atom is -0.306 e. The average molecular weight is 281 g/mol. The maximum atomic E-state index is 4.25. The molecule has 0 radical (unpaired) electrons. The van der Waals surface area contributed by atoms with Gasteiger partial charge in [0.2, 0.25) is 0 Å². The lowest BCUT2D eigenvalue weighted by Gasteiger charge is -2.07. The molecule has 1 aliphatic carbocycles. The number of benzene rings is 2. The normalized spacial score (nSPS) is 14.8. The van der Waals surface area contributed by atoms with Crippen molar-refractivity contribution in [2.24, 2.45) is 0 Å². The second-order valence-electron chi connectivity index (χ2n) is 5.18. The van der Waals surface area contributed by atoms with Gasteiger partial charge in [0.25, 0.3) is 0 Å². The van der Waals surface area contributed by atoms with Crippen molar-refractivity contribution >= 4 is 22.5 Å². The van der Waals surface area contributed by atoms with Crippen molar-refractivity contribution in [2.45, 2.75) is 29.8 Å². The van der Waals surface area contributed by atoms with Gasteiger partial charge in [-0.1, -0.05) is 54.2 Å². The van der Waals surface area contributed by atoms with Gasteiger partial charge in [0.15, 0.2) is 5.16 Å². The number of aromatic nitrogens is 3. The van der Waals surface area contributed by atoms with Gasteiger partial charge in [-0.2, -0.15) is 0 Å². The Morgan fingerprint density at radius 1 is 1.10 bits per heavy atom. The van der Waals surface area contributed by atoms with E-state index in [0.29, 0.717) is 6.04 Å². The first-order valence-electron chi connectivity index (χ1n) is 6.91. The first-order chi connectivity index (χ1) is 9.92. The van der Waals surface area contributed by atoms with Crippen LogP contribution in [0, 0.1) is 0 Å². The Balaban J connectivity index is 1.60. The molecule has 1 fully saturated rings. The van der Waals surface area contributed by atoms with Crippen LogP contribution in [0.1, 0.15) is 24.4 Å². The Morgan fingerprint density at radius 2 is 1.95 bits per heavy atom. The fraction of sp³-hybridized carbons (Fsp3) is 0.250. The van der Waals surface area contributed by atoms with E-state index in [2.05, 4.69) is 57.2 Å². The van der Waals surface area contributed by atoms with Crippen LogP contribution in [0.3, 0.4) is 0 Å². The molecule has 3 nitrogen and oxygen atoms in total. The van der Waals surface area contributed by atoms with Crippen molar-refractivity contribution < 1.29 is 0 Å². The highest BCUT2D eigenvalue weighted by Crippen LogP contribution is 2.38. The summed E-state index contributed by atoms with van der Waals surface area (Å²) in [6.07, 6.45) is 4.39. The van der Waals surface area contributed by atoms with Crippen LogP contribution in [0.5, 0.6) is 0 Å². The summed E-state index contributed by atoms with van der Waals surface area (Å²) in [6.45, 7) is 0. The molecule has 2 aromatic carbocycles. The molecule has 0 N–H and O–H groups in total. The summed E-state index contributed by atoms with van der Waals surface area (Å²) in [5.74, 6) is 0.937. The highest BCUT2D eigenvalue weighted by atomic mass is 32.2. The van der Waals surface area contributed by atoms with Crippen molar-refractivity contribution in [3.63, 3.8) is 0 Å². The summed E-state index contributed by atoms with van der Waals surface area (Å²) in [4.78, 5) is 0. The van der Waals surface area contributed by atoms with E-state index in [1.54, 1.807) is 11.8 Å². The molecule has 100 valence electrons. The molecule has 4 rings (SSSR count). The monoisotopic (exact) mass is 281 g/mol. The molecular formula is C16H15N3S. The fourth-order valence-corrected chi connectivity index (χ4v) is 3.49. The predicted octanol–water partition coefficient (Wildman–Crippen LogP) is 4.06. The number of hydrogen-bond donors (Lipinski definition) is 0. The van der Waals surface area contributed by atoms with Gasteiger partial charge in [0, 0.05) is 11.8 Å². The van der Waals surface area contributed by atoms with Crippen molar-refractivity contribution in [3.8, 4) is 0 Å². The van der Waals surface area contributed by atoms with E-state index in [1.165, 1.54) is 29.2 Å². The number of thioether (sulfide) groups is 1. The minimum atomic E-state index is 0.639. The molecule has 0 bridgehead atoms. The molecule has 0 spiro atoms. The largest absolute Gasteiger partial charge is 0.306 e. The molecule has 1 aromatic heterocycles. The van der Waals surface area contributed by atoms with E-state index in [-0.39, 0.29) is 0 Å². The van der Waals surface area contributed by atoms with Crippen LogP contribution >= 0.6 is 11.8 Å². The lowest BCUT2D eigenvalue weighted by atomic mass is 10.1. The molecule has 0 aliphatic heterocycles. The quantitative estimate of drug-likeness (QED) is 0.676. The summed E-state index contributed by atoms with van der Waals surface area (Å²) in [7, 11) is 0. The van der Waals surface area contributed by atoms with Crippen LogP contribution in [0.4, 0.5) is 0 Å². The highest BCUT2D eigenvalue weighted by molar-refractivity contribution is 7.98. The van der Waals surface area contributed by atoms with E-state index < -0.39 is 0 Å². The third-order valence-electron chi connectivity index (χ3n) is 3.72. The zero-order chi connectivity index (χ0) is 13.4. The lowest BCUT2D eigenvalue weighted by molar-refractivity contribution is 0.663. The third-order valence-corrected chi connectivity index (χ3v) is 4.72. The lowest BCUT2D eigenvalue weighted by Crippen LogP contribution is -1.95. The number of rotatable bonds is 4. The third kappa shape index (κ3) is 2.20. The van der Waals surface area contributed by atoms with Gasteiger partial charge in [-0.25, -0.2) is 0 Å². The first-order valence-corrected chi connectivity index (χ1v) is 7.89. The Bertz CT molecular complexity index is 741. The zero-order valence-corrected chi connectivity index (χ0v) is 11.9. The van der Waals surface area contributed by atoms with E-state index in [9.17, 15) is 0 Å². The van der Waals surface area contributed by atoms with E-state index in [1.807, 2.05) is 6.33 Å². The van der Waals surface area contributed by atoms with Gasteiger partial charge in [-0.3, -0.25) is 0 Å². The summed E-state index contributed by atoms with van der Waals surface area (Å²) < 4.78 is 2.22. The van der Waals surface area contributed by atoms with Crippen LogP contribution in [-0.4, -0.2) is 14.8 Å². The molecular weight excluding hydrogens is 266 g/mol. The first kappa shape index (κ1) is 12.0. The standard InChI is InChI=1S/C16H15N3S/c1-2-7-15-12(4-1)5-3-6-13(15)10-20-16-18-17-11-19(16)14-8-9-14/h1-7,11,14H,8-10H2. The SMILES string of the molecule is c1ccc2c(CSc3nncn3C3CC3)cccc2c1. The summed E-state index contributed by atoms with van der Waals surface area (Å²) in [5.41, 5.74) is 1.36. The molecule has 3 aromatic rings. The van der Waals surface area contributed by atoms with Crippen molar-refractivity contribution in [2.75, 3.05) is 0 Å². The molecule has 1 saturated carbocycles. The molecule has 0 amide bonds. The maximum absolute atomic E-state index is 4.25. The van der Waals surface area contributed by atoms with E-state index >= 15 is 0 Å². The van der Waals surface area contributed by atoms with Crippen LogP contribution in [0.2, 0.25) is 0 Å². The van der Waals surface area contributed by atoms with E-state index in [4.69, 9.17) is 0 Å². The molecule has 0 unspecified atom stereocenters. The van der Waals surface area contributed by atoms with Gasteiger partial charge in [-0.15, -0.1) is 10.2 Å². The van der Waals surface area contributed by atoms with Gasteiger partial charge in [0.1, 0.15) is 6.33 Å². The molecule has 4 heteroatoms. The van der Waals surface area contributed by atoms with Crippen molar-refractivity contribution in [1.82, 2.24) is 14.8 Å². The second kappa shape index (κ2) is 4.94. The summed E-state index contributed by atoms with van der Waals surface area (Å²) in [6, 6.07) is 15.7. The van der Waals surface area contributed by atoms with Crippen molar-refractivity contribution in [3.05, 3.63) is 54.4 Å². The number of hydrogen-bond acceptors (Lipinski definition) is 3. The Morgan fingerprint density at radius 3 is 2.85 bits per heavy atom. The second-order valence-corrected chi connectivity index (χ2v) is 6.12.